The first-order valence-corrected chi connectivity index (χ1v) is 9.31. The molecule has 4 rings (SSSR count). The highest BCUT2D eigenvalue weighted by Crippen LogP contribution is 2.32. The van der Waals surface area contributed by atoms with Crippen molar-refractivity contribution in [1.29, 1.82) is 0 Å². The number of rotatable bonds is 4. The highest BCUT2D eigenvalue weighted by Gasteiger charge is 2.33. The summed E-state index contributed by atoms with van der Waals surface area (Å²) in [4.78, 5) is 18.3. The molecule has 0 unspecified atom stereocenters. The first-order valence-electron chi connectivity index (χ1n) is 9.31. The molecule has 0 spiro atoms. The number of aromatic nitrogens is 2. The van der Waals surface area contributed by atoms with E-state index in [4.69, 9.17) is 5.11 Å². The van der Waals surface area contributed by atoms with E-state index in [9.17, 15) is 4.79 Å². The summed E-state index contributed by atoms with van der Waals surface area (Å²) in [6.45, 7) is 3.51. The van der Waals surface area contributed by atoms with Crippen LogP contribution in [-0.2, 0) is 6.54 Å². The summed E-state index contributed by atoms with van der Waals surface area (Å²) in [6, 6.07) is 7.74. The molecule has 0 bridgehead atoms. The highest BCUT2D eigenvalue weighted by molar-refractivity contribution is 5.88. The third-order valence-electron chi connectivity index (χ3n) is 5.77. The van der Waals surface area contributed by atoms with Crippen molar-refractivity contribution in [2.45, 2.75) is 44.7 Å². The van der Waals surface area contributed by atoms with E-state index in [1.807, 2.05) is 18.3 Å². The van der Waals surface area contributed by atoms with Gasteiger partial charge in [-0.1, -0.05) is 18.6 Å². The molecule has 0 saturated carbocycles. The van der Waals surface area contributed by atoms with Crippen molar-refractivity contribution in [3.05, 3.63) is 42.2 Å². The number of hydrogen-bond acceptors (Lipinski definition) is 3. The van der Waals surface area contributed by atoms with E-state index in [1.165, 1.54) is 45.2 Å². The predicted octanol–water partition coefficient (Wildman–Crippen LogP) is 3.51. The van der Waals surface area contributed by atoms with Gasteiger partial charge < -0.3 is 14.6 Å². The third kappa shape index (κ3) is 3.33. The smallest absolute Gasteiger partial charge is 0.335 e. The van der Waals surface area contributed by atoms with Gasteiger partial charge in [0.2, 0.25) is 0 Å². The fourth-order valence-corrected chi connectivity index (χ4v) is 4.52. The molecule has 1 aromatic heterocycles. The van der Waals surface area contributed by atoms with Crippen molar-refractivity contribution < 1.29 is 9.90 Å². The van der Waals surface area contributed by atoms with Gasteiger partial charge in [-0.15, -0.1) is 0 Å². The van der Waals surface area contributed by atoms with Crippen LogP contribution in [0.2, 0.25) is 0 Å². The minimum Gasteiger partial charge on any atom is -0.478 e. The molecule has 0 amide bonds. The van der Waals surface area contributed by atoms with Gasteiger partial charge in [-0.25, -0.2) is 9.78 Å². The van der Waals surface area contributed by atoms with Crippen molar-refractivity contribution in [2.24, 2.45) is 5.92 Å². The van der Waals surface area contributed by atoms with E-state index in [1.54, 1.807) is 12.1 Å². The van der Waals surface area contributed by atoms with Crippen LogP contribution in [0.25, 0.3) is 11.4 Å². The maximum Gasteiger partial charge on any atom is 0.335 e. The Labute approximate surface area is 148 Å². The number of aromatic carboxylic acids is 1. The molecule has 5 nitrogen and oxygen atoms in total. The Bertz CT molecular complexity index is 736. The molecule has 2 aliphatic rings. The standard InChI is InChI=1S/C20H25N3O2/c24-20(25)16-8-6-15(7-9-16)19-21-10-13-23(19)14-17-4-3-12-22-11-2-1-5-18(17)22/h6-10,13,17-18H,1-5,11-12,14H2,(H,24,25)/t17-,18+/m0/s1. The fraction of sp³-hybridized carbons (Fsp3) is 0.500. The summed E-state index contributed by atoms with van der Waals surface area (Å²) in [6.07, 6.45) is 10.5. The summed E-state index contributed by atoms with van der Waals surface area (Å²) >= 11 is 0. The van der Waals surface area contributed by atoms with Gasteiger partial charge in [-0.3, -0.25) is 0 Å². The molecule has 2 fully saturated rings. The van der Waals surface area contributed by atoms with Crippen LogP contribution in [0.1, 0.15) is 42.5 Å². The number of nitrogens with zero attached hydrogens (tertiary/aromatic N) is 3. The molecule has 1 N–H and O–H groups in total. The van der Waals surface area contributed by atoms with E-state index in [-0.39, 0.29) is 0 Å². The first-order chi connectivity index (χ1) is 12.2. The second-order valence-electron chi connectivity index (χ2n) is 7.29. The quantitative estimate of drug-likeness (QED) is 0.926. The lowest BCUT2D eigenvalue weighted by Crippen LogP contribution is -2.49. The number of fused-ring (bicyclic) bond motifs is 1. The predicted molar refractivity (Wildman–Crippen MR) is 96.6 cm³/mol. The Kier molecular flexibility index (Phi) is 4.57. The zero-order valence-electron chi connectivity index (χ0n) is 14.5. The molecule has 25 heavy (non-hydrogen) atoms. The lowest BCUT2D eigenvalue weighted by Gasteiger charge is -2.44. The average Bonchev–Trinajstić information content (AvgIpc) is 3.10. The van der Waals surface area contributed by atoms with Crippen molar-refractivity contribution in [3.63, 3.8) is 0 Å². The normalized spacial score (nSPS) is 24.0. The summed E-state index contributed by atoms with van der Waals surface area (Å²) in [5.74, 6) is 0.722. The van der Waals surface area contributed by atoms with Gasteiger partial charge in [0.25, 0.3) is 0 Å². The summed E-state index contributed by atoms with van der Waals surface area (Å²) in [5.41, 5.74) is 1.29. The molecular formula is C20H25N3O2. The maximum atomic E-state index is 11.0. The van der Waals surface area contributed by atoms with Crippen LogP contribution in [0, 0.1) is 5.92 Å². The first kappa shape index (κ1) is 16.3. The minimum absolute atomic E-state index is 0.312. The zero-order chi connectivity index (χ0) is 17.2. The second-order valence-corrected chi connectivity index (χ2v) is 7.29. The highest BCUT2D eigenvalue weighted by atomic mass is 16.4. The van der Waals surface area contributed by atoms with E-state index >= 15 is 0 Å². The number of imidazole rings is 1. The van der Waals surface area contributed by atoms with Crippen LogP contribution in [0.5, 0.6) is 0 Å². The van der Waals surface area contributed by atoms with E-state index < -0.39 is 5.97 Å². The van der Waals surface area contributed by atoms with Crippen LogP contribution >= 0.6 is 0 Å². The number of carboxylic acids is 1. The molecule has 2 aliphatic heterocycles. The van der Waals surface area contributed by atoms with Gasteiger partial charge >= 0.3 is 5.97 Å². The zero-order valence-corrected chi connectivity index (χ0v) is 14.5. The van der Waals surface area contributed by atoms with Crippen molar-refractivity contribution in [1.82, 2.24) is 14.5 Å². The maximum absolute atomic E-state index is 11.0. The molecule has 132 valence electrons. The van der Waals surface area contributed by atoms with Crippen LogP contribution < -0.4 is 0 Å². The SMILES string of the molecule is O=C(O)c1ccc(-c2nccn2C[C@@H]2CCCN3CCCC[C@H]23)cc1. The van der Waals surface area contributed by atoms with Crippen LogP contribution in [-0.4, -0.2) is 44.7 Å². The van der Waals surface area contributed by atoms with Gasteiger partial charge in [0.15, 0.2) is 0 Å². The van der Waals surface area contributed by atoms with Crippen molar-refractivity contribution >= 4 is 5.97 Å². The topological polar surface area (TPSA) is 58.4 Å². The van der Waals surface area contributed by atoms with Gasteiger partial charge in [0.1, 0.15) is 5.82 Å². The summed E-state index contributed by atoms with van der Waals surface area (Å²) in [5, 5.41) is 9.06. The van der Waals surface area contributed by atoms with E-state index in [2.05, 4.69) is 20.6 Å². The lowest BCUT2D eigenvalue weighted by molar-refractivity contribution is 0.0521. The molecule has 0 radical (unpaired) electrons. The summed E-state index contributed by atoms with van der Waals surface area (Å²) in [7, 11) is 0. The Balaban J connectivity index is 1.54. The molecule has 1 aromatic carbocycles. The second kappa shape index (κ2) is 7.00. The molecular weight excluding hydrogens is 314 g/mol. The number of carboxylic acid groups (broad SMARTS) is 1. The van der Waals surface area contributed by atoms with Crippen LogP contribution in [0.15, 0.2) is 36.7 Å². The Hall–Kier alpha value is -2.14. The average molecular weight is 339 g/mol. The number of hydrogen-bond donors (Lipinski definition) is 1. The molecule has 3 heterocycles. The van der Waals surface area contributed by atoms with E-state index in [0.29, 0.717) is 17.5 Å². The monoisotopic (exact) mass is 339 g/mol. The fourth-order valence-electron chi connectivity index (χ4n) is 4.52. The van der Waals surface area contributed by atoms with Gasteiger partial charge in [-0.05, 0) is 56.8 Å². The molecule has 2 saturated heterocycles. The molecule has 0 aliphatic carbocycles. The van der Waals surface area contributed by atoms with Gasteiger partial charge in [0.05, 0.1) is 5.56 Å². The lowest BCUT2D eigenvalue weighted by atomic mass is 9.83. The largest absolute Gasteiger partial charge is 0.478 e. The van der Waals surface area contributed by atoms with Gasteiger partial charge in [-0.2, -0.15) is 0 Å². The van der Waals surface area contributed by atoms with Gasteiger partial charge in [0, 0.05) is 30.5 Å². The molecule has 2 aromatic rings. The minimum atomic E-state index is -0.894. The van der Waals surface area contributed by atoms with Crippen LogP contribution in [0.3, 0.4) is 0 Å². The van der Waals surface area contributed by atoms with E-state index in [0.717, 1.165) is 17.9 Å². The number of benzene rings is 1. The molecule has 5 heteroatoms. The van der Waals surface area contributed by atoms with Crippen LogP contribution in [0.4, 0.5) is 0 Å². The molecule has 2 atom stereocenters. The number of carbonyl (C=O) groups is 1. The number of piperidine rings is 2. The van der Waals surface area contributed by atoms with Crippen molar-refractivity contribution in [3.8, 4) is 11.4 Å². The Morgan fingerprint density at radius 2 is 1.92 bits per heavy atom. The third-order valence-corrected chi connectivity index (χ3v) is 5.77. The van der Waals surface area contributed by atoms with Crippen molar-refractivity contribution in [2.75, 3.05) is 13.1 Å². The summed E-state index contributed by atoms with van der Waals surface area (Å²) < 4.78 is 2.25. The Morgan fingerprint density at radius 1 is 1.12 bits per heavy atom. The Morgan fingerprint density at radius 3 is 2.72 bits per heavy atom.